The van der Waals surface area contributed by atoms with Gasteiger partial charge in [-0.05, 0) is 31.2 Å². The number of aromatic nitrogens is 1. The number of hydrogen-bond acceptors (Lipinski definition) is 5. The lowest BCUT2D eigenvalue weighted by Gasteiger charge is -2.13. The maximum Gasteiger partial charge on any atom is 0.243 e. The third-order valence-electron chi connectivity index (χ3n) is 3.65. The van der Waals surface area contributed by atoms with Gasteiger partial charge in [-0.25, -0.2) is 9.98 Å². The van der Waals surface area contributed by atoms with Crippen LogP contribution in [0.15, 0.2) is 40.4 Å². The van der Waals surface area contributed by atoms with Gasteiger partial charge < -0.3 is 15.5 Å². The Morgan fingerprint density at radius 3 is 2.61 bits per heavy atom. The Balaban J connectivity index is 1.81. The number of likely N-dealkylation sites (N-methyl/N-ethyl adjacent to an activating group) is 1. The summed E-state index contributed by atoms with van der Waals surface area (Å²) in [4.78, 5) is 24.5. The zero-order chi connectivity index (χ0) is 20.4. The molecule has 0 aliphatic heterocycles. The molecule has 1 aromatic heterocycles. The topological polar surface area (TPSA) is 69.6 Å². The Morgan fingerprint density at radius 1 is 1.25 bits per heavy atom. The Bertz CT molecular complexity index is 777. The number of hydrogen-bond donors (Lipinski definition) is 2. The van der Waals surface area contributed by atoms with E-state index in [-0.39, 0.29) is 12.5 Å². The number of carbonyl (C=O) groups is 1. The highest BCUT2D eigenvalue weighted by Crippen LogP contribution is 2.19. The average molecular weight is 440 g/mol. The van der Waals surface area contributed by atoms with Crippen molar-refractivity contribution in [2.75, 3.05) is 39.5 Å². The fourth-order valence-corrected chi connectivity index (χ4v) is 3.82. The van der Waals surface area contributed by atoms with Crippen molar-refractivity contribution in [3.63, 3.8) is 0 Å². The Kier molecular flexibility index (Phi) is 9.60. The van der Waals surface area contributed by atoms with Gasteiger partial charge in [0.2, 0.25) is 5.91 Å². The van der Waals surface area contributed by atoms with E-state index >= 15 is 0 Å². The van der Waals surface area contributed by atoms with Gasteiger partial charge in [-0.2, -0.15) is 0 Å². The summed E-state index contributed by atoms with van der Waals surface area (Å²) in [5.41, 5.74) is 0. The number of aryl methyl sites for hydroxylation is 1. The smallest absolute Gasteiger partial charge is 0.243 e. The minimum absolute atomic E-state index is 0.0350. The van der Waals surface area contributed by atoms with Crippen molar-refractivity contribution >= 4 is 46.6 Å². The van der Waals surface area contributed by atoms with Crippen LogP contribution < -0.4 is 10.6 Å². The first-order chi connectivity index (χ1) is 13.4. The summed E-state index contributed by atoms with van der Waals surface area (Å²) in [6.45, 7) is 3.60. The number of amides is 1. The molecular formula is C19H26ClN5OS2. The molecule has 2 aromatic rings. The lowest BCUT2D eigenvalue weighted by molar-refractivity contribution is -0.127. The lowest BCUT2D eigenvalue weighted by Crippen LogP contribution is -2.40. The summed E-state index contributed by atoms with van der Waals surface area (Å²) in [5.74, 6) is 1.47. The van der Waals surface area contributed by atoms with Crippen LogP contribution in [0.3, 0.4) is 0 Å². The van der Waals surface area contributed by atoms with Crippen LogP contribution in [0.5, 0.6) is 0 Å². The van der Waals surface area contributed by atoms with Crippen LogP contribution in [-0.2, 0) is 11.2 Å². The SMILES string of the molecule is Cc1cnc(CCNC(=NCC(=O)N(C)C)NCCSc2ccc(Cl)cc2)s1. The van der Waals surface area contributed by atoms with Gasteiger partial charge in [0.05, 0.1) is 5.01 Å². The number of thioether (sulfide) groups is 1. The quantitative estimate of drug-likeness (QED) is 0.272. The van der Waals surface area contributed by atoms with Crippen molar-refractivity contribution in [3.8, 4) is 0 Å². The Labute approximate surface area is 179 Å². The van der Waals surface area contributed by atoms with Gasteiger partial charge in [-0.1, -0.05) is 11.6 Å². The second kappa shape index (κ2) is 11.9. The van der Waals surface area contributed by atoms with E-state index in [1.54, 1.807) is 37.2 Å². The van der Waals surface area contributed by atoms with Gasteiger partial charge in [0.15, 0.2) is 5.96 Å². The van der Waals surface area contributed by atoms with E-state index in [0.717, 1.165) is 28.7 Å². The first-order valence-electron chi connectivity index (χ1n) is 8.96. The molecule has 0 bridgehead atoms. The molecule has 2 rings (SSSR count). The largest absolute Gasteiger partial charge is 0.356 e. The van der Waals surface area contributed by atoms with E-state index in [2.05, 4.69) is 20.6 Å². The molecule has 9 heteroatoms. The standard InChI is InChI=1S/C19H26ClN5OS2/c1-14-12-23-17(28-14)8-9-21-19(24-13-18(26)25(2)3)22-10-11-27-16-6-4-15(20)5-7-16/h4-7,12H,8-11,13H2,1-3H3,(H2,21,22,24). The number of benzene rings is 1. The van der Waals surface area contributed by atoms with Crippen LogP contribution in [0.4, 0.5) is 0 Å². The van der Waals surface area contributed by atoms with E-state index in [1.807, 2.05) is 37.4 Å². The summed E-state index contributed by atoms with van der Waals surface area (Å²) in [7, 11) is 3.46. The van der Waals surface area contributed by atoms with Crippen molar-refractivity contribution in [2.24, 2.45) is 4.99 Å². The second-order valence-corrected chi connectivity index (χ2v) is 9.15. The zero-order valence-electron chi connectivity index (χ0n) is 16.4. The number of nitrogens with zero attached hydrogens (tertiary/aromatic N) is 3. The van der Waals surface area contributed by atoms with Crippen LogP contribution in [0.2, 0.25) is 5.02 Å². The highest BCUT2D eigenvalue weighted by Gasteiger charge is 2.05. The van der Waals surface area contributed by atoms with Crippen LogP contribution in [-0.4, -0.2) is 61.2 Å². The summed E-state index contributed by atoms with van der Waals surface area (Å²) in [6.07, 6.45) is 2.71. The summed E-state index contributed by atoms with van der Waals surface area (Å²) >= 11 is 9.34. The first kappa shape index (κ1) is 22.5. The summed E-state index contributed by atoms with van der Waals surface area (Å²) in [5, 5.41) is 8.41. The van der Waals surface area contributed by atoms with E-state index in [1.165, 1.54) is 14.7 Å². The third-order valence-corrected chi connectivity index (χ3v) is 5.89. The van der Waals surface area contributed by atoms with Crippen LogP contribution in [0, 0.1) is 6.92 Å². The molecule has 0 unspecified atom stereocenters. The van der Waals surface area contributed by atoms with Crippen LogP contribution in [0.1, 0.15) is 9.88 Å². The minimum Gasteiger partial charge on any atom is -0.356 e. The summed E-state index contributed by atoms with van der Waals surface area (Å²) in [6, 6.07) is 7.79. The fourth-order valence-electron chi connectivity index (χ4n) is 2.14. The minimum atomic E-state index is -0.0350. The number of rotatable bonds is 9. The molecule has 1 aromatic carbocycles. The van der Waals surface area contributed by atoms with E-state index in [9.17, 15) is 4.79 Å². The van der Waals surface area contributed by atoms with Gasteiger partial charge in [0, 0.05) is 60.4 Å². The van der Waals surface area contributed by atoms with E-state index < -0.39 is 0 Å². The highest BCUT2D eigenvalue weighted by molar-refractivity contribution is 7.99. The second-order valence-electron chi connectivity index (χ2n) is 6.22. The molecule has 28 heavy (non-hydrogen) atoms. The monoisotopic (exact) mass is 439 g/mol. The molecule has 0 aliphatic rings. The highest BCUT2D eigenvalue weighted by atomic mass is 35.5. The third kappa shape index (κ3) is 8.50. The molecule has 0 atom stereocenters. The molecule has 1 amide bonds. The Hall–Kier alpha value is -1.77. The lowest BCUT2D eigenvalue weighted by atomic mass is 10.4. The van der Waals surface area contributed by atoms with Crippen molar-refractivity contribution in [1.29, 1.82) is 0 Å². The van der Waals surface area contributed by atoms with E-state index in [4.69, 9.17) is 11.6 Å². The molecule has 1 heterocycles. The molecule has 0 spiro atoms. The number of halogens is 1. The van der Waals surface area contributed by atoms with Crippen molar-refractivity contribution in [1.82, 2.24) is 20.5 Å². The number of thiazole rings is 1. The van der Waals surface area contributed by atoms with Crippen molar-refractivity contribution < 1.29 is 4.79 Å². The molecular weight excluding hydrogens is 414 g/mol. The number of guanidine groups is 1. The maximum atomic E-state index is 11.8. The van der Waals surface area contributed by atoms with Crippen molar-refractivity contribution in [2.45, 2.75) is 18.2 Å². The van der Waals surface area contributed by atoms with Crippen LogP contribution in [0.25, 0.3) is 0 Å². The van der Waals surface area contributed by atoms with Gasteiger partial charge in [0.1, 0.15) is 6.54 Å². The molecule has 0 radical (unpaired) electrons. The van der Waals surface area contributed by atoms with E-state index in [0.29, 0.717) is 12.5 Å². The molecule has 0 saturated heterocycles. The van der Waals surface area contributed by atoms with Gasteiger partial charge in [0.25, 0.3) is 0 Å². The van der Waals surface area contributed by atoms with Crippen molar-refractivity contribution in [3.05, 3.63) is 45.4 Å². The summed E-state index contributed by atoms with van der Waals surface area (Å²) < 4.78 is 0. The molecule has 0 saturated carbocycles. The number of nitrogens with one attached hydrogen (secondary N) is 2. The first-order valence-corrected chi connectivity index (χ1v) is 11.1. The zero-order valence-corrected chi connectivity index (χ0v) is 18.8. The molecule has 152 valence electrons. The average Bonchev–Trinajstić information content (AvgIpc) is 3.08. The maximum absolute atomic E-state index is 11.8. The molecule has 0 fully saturated rings. The van der Waals surface area contributed by atoms with Gasteiger partial charge >= 0.3 is 0 Å². The normalized spacial score (nSPS) is 11.4. The van der Waals surface area contributed by atoms with Crippen LogP contribution >= 0.6 is 34.7 Å². The predicted octanol–water partition coefficient (Wildman–Crippen LogP) is 3.06. The molecule has 6 nitrogen and oxygen atoms in total. The number of aliphatic imine (C=N–C) groups is 1. The molecule has 2 N–H and O–H groups in total. The molecule has 0 aliphatic carbocycles. The van der Waals surface area contributed by atoms with Gasteiger partial charge in [-0.15, -0.1) is 23.1 Å². The fraction of sp³-hybridized carbons (Fsp3) is 0.421. The Morgan fingerprint density at radius 2 is 1.96 bits per heavy atom. The predicted molar refractivity (Wildman–Crippen MR) is 120 cm³/mol. The van der Waals surface area contributed by atoms with Gasteiger partial charge in [-0.3, -0.25) is 4.79 Å². The number of carbonyl (C=O) groups excluding carboxylic acids is 1.